The quantitative estimate of drug-likeness (QED) is 0.301. The summed E-state index contributed by atoms with van der Waals surface area (Å²) in [5, 5.41) is 12.9. The summed E-state index contributed by atoms with van der Waals surface area (Å²) in [6, 6.07) is 7.27. The van der Waals surface area contributed by atoms with Gasteiger partial charge >= 0.3 is 0 Å². The molecule has 2 aromatic carbocycles. The van der Waals surface area contributed by atoms with Gasteiger partial charge in [0.25, 0.3) is 11.8 Å². The first kappa shape index (κ1) is 33.4. The number of sulfonamides is 1. The molecule has 1 atom stereocenters. The number of anilines is 3. The number of hydrogen-bond acceptors (Lipinski definition) is 8. The largest absolute Gasteiger partial charge is 0.373 e. The Morgan fingerprint density at radius 1 is 1.09 bits per heavy atom. The molecule has 5 rings (SSSR count). The number of likely N-dealkylation sites (N-methyl/N-ethyl adjacent to an activating group) is 2. The molecule has 1 saturated heterocycles. The van der Waals surface area contributed by atoms with Crippen LogP contribution in [0.2, 0.25) is 0 Å². The van der Waals surface area contributed by atoms with E-state index in [1.165, 1.54) is 0 Å². The highest BCUT2D eigenvalue weighted by Crippen LogP contribution is 2.38. The number of rotatable bonds is 10. The van der Waals surface area contributed by atoms with Gasteiger partial charge in [0.1, 0.15) is 17.7 Å². The minimum absolute atomic E-state index is 0.00172. The summed E-state index contributed by atoms with van der Waals surface area (Å²) in [5.74, 6) is -2.85. The van der Waals surface area contributed by atoms with Crippen LogP contribution in [0.25, 0.3) is 0 Å². The number of nitrogens with zero attached hydrogens (tertiary/aromatic N) is 4. The van der Waals surface area contributed by atoms with Crippen molar-refractivity contribution < 1.29 is 31.5 Å². The van der Waals surface area contributed by atoms with Gasteiger partial charge in [0.05, 0.1) is 16.1 Å². The Morgan fingerprint density at radius 2 is 1.80 bits per heavy atom. The van der Waals surface area contributed by atoms with Gasteiger partial charge in [-0.05, 0) is 57.3 Å². The second kappa shape index (κ2) is 13.1. The van der Waals surface area contributed by atoms with Gasteiger partial charge in [0, 0.05) is 68.3 Å². The van der Waals surface area contributed by atoms with Gasteiger partial charge in [-0.3, -0.25) is 14.7 Å². The molecule has 2 amide bonds. The van der Waals surface area contributed by atoms with Crippen LogP contribution in [-0.4, -0.2) is 93.1 Å². The lowest BCUT2D eigenvalue weighted by Gasteiger charge is -2.36. The van der Waals surface area contributed by atoms with E-state index in [0.29, 0.717) is 36.9 Å². The van der Waals surface area contributed by atoms with Crippen LogP contribution in [0, 0.1) is 11.6 Å². The van der Waals surface area contributed by atoms with Crippen molar-refractivity contribution in [1.29, 1.82) is 0 Å². The van der Waals surface area contributed by atoms with Crippen molar-refractivity contribution in [3.63, 3.8) is 0 Å². The smallest absolute Gasteiger partial charge is 0.258 e. The van der Waals surface area contributed by atoms with E-state index in [0.717, 1.165) is 35.1 Å². The molecule has 0 aliphatic carbocycles. The van der Waals surface area contributed by atoms with E-state index in [9.17, 15) is 26.8 Å². The SMILES string of the molecule is CN(C)CCN(C)c1ccc(C(=O)Nc2n[nH]c3c2CN(S(=O)(=O)c2cc(F)cc(F)c2)CC3(C)C)c(NC(=O)[C@@H]2CCCO2)c1. The van der Waals surface area contributed by atoms with E-state index < -0.39 is 44.0 Å². The van der Waals surface area contributed by atoms with E-state index in [4.69, 9.17) is 4.74 Å². The Labute approximate surface area is 267 Å². The molecule has 0 bridgehead atoms. The summed E-state index contributed by atoms with van der Waals surface area (Å²) in [6.45, 7) is 5.37. The van der Waals surface area contributed by atoms with Crippen LogP contribution < -0.4 is 15.5 Å². The number of benzene rings is 2. The van der Waals surface area contributed by atoms with E-state index in [1.54, 1.807) is 32.0 Å². The first-order chi connectivity index (χ1) is 21.7. The van der Waals surface area contributed by atoms with Gasteiger partial charge in [-0.15, -0.1) is 0 Å². The number of fused-ring (bicyclic) bond motifs is 1. The summed E-state index contributed by atoms with van der Waals surface area (Å²) >= 11 is 0. The number of carbonyl (C=O) groups excluding carboxylic acids is 2. The summed E-state index contributed by atoms with van der Waals surface area (Å²) in [4.78, 5) is 30.4. The number of carbonyl (C=O) groups is 2. The van der Waals surface area contributed by atoms with Crippen molar-refractivity contribution in [2.75, 3.05) is 62.9 Å². The Morgan fingerprint density at radius 3 is 2.46 bits per heavy atom. The number of nitrogens with one attached hydrogen (secondary N) is 3. The van der Waals surface area contributed by atoms with Crippen LogP contribution in [0.5, 0.6) is 0 Å². The summed E-state index contributed by atoms with van der Waals surface area (Å²) in [6.07, 6.45) is 0.721. The third kappa shape index (κ3) is 7.07. The van der Waals surface area contributed by atoms with Crippen LogP contribution in [0.1, 0.15) is 48.3 Å². The lowest BCUT2D eigenvalue weighted by atomic mass is 9.84. The molecular weight excluding hydrogens is 620 g/mol. The fourth-order valence-electron chi connectivity index (χ4n) is 5.65. The summed E-state index contributed by atoms with van der Waals surface area (Å²) in [7, 11) is 1.54. The highest BCUT2D eigenvalue weighted by atomic mass is 32.2. The van der Waals surface area contributed by atoms with Crippen molar-refractivity contribution in [3.05, 3.63) is 64.9 Å². The number of aromatic amines is 1. The molecular formula is C31H39F2N7O5S. The number of amides is 2. The molecule has 0 spiro atoms. The molecule has 0 saturated carbocycles. The Balaban J connectivity index is 1.44. The zero-order valence-electron chi connectivity index (χ0n) is 26.5. The van der Waals surface area contributed by atoms with Crippen molar-refractivity contribution in [1.82, 2.24) is 19.4 Å². The maximum Gasteiger partial charge on any atom is 0.258 e. The number of halogens is 2. The third-order valence-corrected chi connectivity index (χ3v) is 9.98. The van der Waals surface area contributed by atoms with Gasteiger partial charge in [-0.25, -0.2) is 17.2 Å². The van der Waals surface area contributed by atoms with Gasteiger partial charge in [0.15, 0.2) is 5.82 Å². The van der Waals surface area contributed by atoms with Gasteiger partial charge in [0.2, 0.25) is 10.0 Å². The fourth-order valence-corrected chi connectivity index (χ4v) is 7.27. The van der Waals surface area contributed by atoms with Gasteiger partial charge in [-0.2, -0.15) is 9.40 Å². The van der Waals surface area contributed by atoms with Crippen LogP contribution in [0.3, 0.4) is 0 Å². The lowest BCUT2D eigenvalue weighted by molar-refractivity contribution is -0.124. The van der Waals surface area contributed by atoms with Crippen LogP contribution in [-0.2, 0) is 31.5 Å². The van der Waals surface area contributed by atoms with Gasteiger partial charge in [-0.1, -0.05) is 13.8 Å². The van der Waals surface area contributed by atoms with Crippen molar-refractivity contribution in [2.24, 2.45) is 0 Å². The molecule has 3 N–H and O–H groups in total. The topological polar surface area (TPSA) is 140 Å². The third-order valence-electron chi connectivity index (χ3n) is 8.21. The van der Waals surface area contributed by atoms with E-state index in [-0.39, 0.29) is 36.1 Å². The monoisotopic (exact) mass is 659 g/mol. The Bertz CT molecular complexity index is 1720. The number of aromatic nitrogens is 2. The maximum absolute atomic E-state index is 14.0. The van der Waals surface area contributed by atoms with Crippen LogP contribution >= 0.6 is 0 Å². The number of H-pyrrole nitrogens is 1. The second-order valence-electron chi connectivity index (χ2n) is 12.6. The highest BCUT2D eigenvalue weighted by molar-refractivity contribution is 7.89. The molecule has 0 radical (unpaired) electrons. The zero-order valence-corrected chi connectivity index (χ0v) is 27.3. The molecule has 15 heteroatoms. The van der Waals surface area contributed by atoms with Crippen molar-refractivity contribution in [3.8, 4) is 0 Å². The minimum atomic E-state index is -4.32. The maximum atomic E-state index is 14.0. The van der Waals surface area contributed by atoms with E-state index >= 15 is 0 Å². The van der Waals surface area contributed by atoms with E-state index in [2.05, 4.69) is 20.8 Å². The average Bonchev–Trinajstić information content (AvgIpc) is 3.66. The van der Waals surface area contributed by atoms with Crippen molar-refractivity contribution >= 4 is 39.0 Å². The molecule has 1 fully saturated rings. The standard InChI is InChI=1S/C31H39F2N7O5S/c1-31(2)18-40(46(43,44)22-14-19(32)13-20(33)15-22)17-24-27(31)36-37-28(24)35-29(41)23-9-8-21(39(5)11-10-38(3)4)16-25(23)34-30(42)26-7-6-12-45-26/h8-9,13-16,26H,6-7,10-12,17-18H2,1-5H3,(H,34,42)(H2,35,36,37,41)/t26-/m0/s1. The molecule has 12 nitrogen and oxygen atoms in total. The second-order valence-corrected chi connectivity index (χ2v) is 14.5. The molecule has 3 aromatic rings. The normalized spacial score (nSPS) is 18.0. The average molecular weight is 660 g/mol. The number of hydrogen-bond donors (Lipinski definition) is 3. The molecule has 2 aliphatic rings. The van der Waals surface area contributed by atoms with Crippen LogP contribution in [0.15, 0.2) is 41.3 Å². The highest BCUT2D eigenvalue weighted by Gasteiger charge is 2.41. The zero-order chi connectivity index (χ0) is 33.4. The Kier molecular flexibility index (Phi) is 9.50. The number of ether oxygens (including phenoxy) is 1. The Hall–Kier alpha value is -3.92. The first-order valence-electron chi connectivity index (χ1n) is 14.9. The predicted molar refractivity (Wildman–Crippen MR) is 169 cm³/mol. The van der Waals surface area contributed by atoms with Crippen molar-refractivity contribution in [2.45, 2.75) is 49.6 Å². The lowest BCUT2D eigenvalue weighted by Crippen LogP contribution is -2.45. The predicted octanol–water partition coefficient (Wildman–Crippen LogP) is 3.54. The molecule has 46 heavy (non-hydrogen) atoms. The fraction of sp³-hybridized carbons (Fsp3) is 0.452. The molecule has 248 valence electrons. The summed E-state index contributed by atoms with van der Waals surface area (Å²) in [5.41, 5.74) is 1.48. The first-order valence-corrected chi connectivity index (χ1v) is 16.4. The molecule has 1 aromatic heterocycles. The minimum Gasteiger partial charge on any atom is -0.373 e. The molecule has 3 heterocycles. The molecule has 0 unspecified atom stereocenters. The van der Waals surface area contributed by atoms with Crippen LogP contribution in [0.4, 0.5) is 26.0 Å². The molecule has 2 aliphatic heterocycles. The van der Waals surface area contributed by atoms with E-state index in [1.807, 2.05) is 30.9 Å². The van der Waals surface area contributed by atoms with Gasteiger partial charge < -0.3 is 25.2 Å². The summed E-state index contributed by atoms with van der Waals surface area (Å²) < 4.78 is 61.6.